The van der Waals surface area contributed by atoms with Crippen LogP contribution in [-0.2, 0) is 14.3 Å². The van der Waals surface area contributed by atoms with E-state index in [1.165, 1.54) is 0 Å². The smallest absolute Gasteiger partial charge is 0.178 e. The van der Waals surface area contributed by atoms with E-state index in [0.717, 1.165) is 24.8 Å². The zero-order chi connectivity index (χ0) is 23.1. The first-order valence-corrected chi connectivity index (χ1v) is 11.9. The van der Waals surface area contributed by atoms with Crippen molar-refractivity contribution in [1.29, 1.82) is 0 Å². The molecule has 0 radical (unpaired) electrons. The second-order valence-corrected chi connectivity index (χ2v) is 11.0. The molecule has 0 aromatic carbocycles. The summed E-state index contributed by atoms with van der Waals surface area (Å²) >= 11 is 0. The molecule has 3 saturated carbocycles. The summed E-state index contributed by atoms with van der Waals surface area (Å²) in [5, 5.41) is 28.4. The molecule has 1 heterocycles. The maximum Gasteiger partial charge on any atom is 0.178 e. The Morgan fingerprint density at radius 2 is 2.09 bits per heavy atom. The highest BCUT2D eigenvalue weighted by Crippen LogP contribution is 2.69. The van der Waals surface area contributed by atoms with Gasteiger partial charge in [0.15, 0.2) is 12.1 Å². The van der Waals surface area contributed by atoms with E-state index in [2.05, 4.69) is 18.9 Å². The summed E-state index contributed by atoms with van der Waals surface area (Å²) in [5.74, 6) is 0.620. The van der Waals surface area contributed by atoms with Crippen molar-refractivity contribution in [3.05, 3.63) is 23.8 Å². The van der Waals surface area contributed by atoms with Crippen LogP contribution in [0.1, 0.15) is 46.5 Å². The highest BCUT2D eigenvalue weighted by atomic mass is 16.7. The molecule has 32 heavy (non-hydrogen) atoms. The molecule has 0 amide bonds. The predicted molar refractivity (Wildman–Crippen MR) is 120 cm³/mol. The van der Waals surface area contributed by atoms with Crippen LogP contribution >= 0.6 is 0 Å². The number of carbonyl (C=O) groups is 1. The fourth-order valence-electron chi connectivity index (χ4n) is 8.23. The summed E-state index contributed by atoms with van der Waals surface area (Å²) < 4.78 is 12.8. The maximum atomic E-state index is 12.0. The topological polar surface area (TPSA) is 91.6 Å². The number of aliphatic hydroxyl groups excluding tert-OH is 2. The number of ether oxygens (including phenoxy) is 2. The molecule has 0 aromatic rings. The van der Waals surface area contributed by atoms with E-state index in [1.807, 2.05) is 27.1 Å². The molecule has 0 spiro atoms. The monoisotopic (exact) mass is 444 g/mol. The lowest BCUT2D eigenvalue weighted by molar-refractivity contribution is -0.171. The Bertz CT molecular complexity index is 912. The molecule has 0 aromatic heterocycles. The molecule has 5 aliphatic rings. The third-order valence-corrected chi connectivity index (χ3v) is 9.26. The lowest BCUT2D eigenvalue weighted by atomic mass is 9.46. The summed E-state index contributed by atoms with van der Waals surface area (Å²) in [6.45, 7) is 6.06. The number of hydrazone groups is 1. The van der Waals surface area contributed by atoms with Gasteiger partial charge in [0.25, 0.3) is 0 Å². The van der Waals surface area contributed by atoms with Gasteiger partial charge in [-0.05, 0) is 56.6 Å². The van der Waals surface area contributed by atoms with Crippen molar-refractivity contribution in [2.45, 2.75) is 70.6 Å². The van der Waals surface area contributed by atoms with Gasteiger partial charge in [-0.3, -0.25) is 4.79 Å². The van der Waals surface area contributed by atoms with Crippen LogP contribution in [0.4, 0.5) is 0 Å². The Kier molecular flexibility index (Phi) is 5.03. The molecule has 0 bridgehead atoms. The van der Waals surface area contributed by atoms with Gasteiger partial charge in [0, 0.05) is 30.8 Å². The first-order chi connectivity index (χ1) is 15.1. The molecule has 176 valence electrons. The zero-order valence-corrected chi connectivity index (χ0v) is 19.7. The summed E-state index contributed by atoms with van der Waals surface area (Å²) in [5.41, 5.74) is 0.130. The molecule has 7 heteroatoms. The normalized spacial score (nSPS) is 49.8. The third kappa shape index (κ3) is 2.74. The predicted octanol–water partition coefficient (Wildman–Crippen LogP) is 2.29. The van der Waals surface area contributed by atoms with Gasteiger partial charge < -0.3 is 24.7 Å². The average molecular weight is 445 g/mol. The van der Waals surface area contributed by atoms with E-state index in [9.17, 15) is 15.0 Å². The number of allylic oxidation sites excluding steroid dienone is 4. The van der Waals surface area contributed by atoms with Gasteiger partial charge in [-0.2, -0.15) is 5.10 Å². The standard InChI is InChI=1S/C25H36N2O5/c1-14-31-21-11-18-17-7-6-15-10-16(29)8-9-23(15,2)22(17)19(30)12-24(18,3)25(21,32-14)20(13-28)26-27(4)5/h8-10,14,17-19,21-22,28,30H,6-7,11-13H2,1-5H3/b26-20-/t14?,17-,18-,19-,21+,22+,23-,24-,25+/m0/s1. The van der Waals surface area contributed by atoms with Crippen LogP contribution in [-0.4, -0.2) is 71.5 Å². The van der Waals surface area contributed by atoms with E-state index in [-0.39, 0.29) is 41.7 Å². The maximum absolute atomic E-state index is 12.0. The molecule has 1 aliphatic heterocycles. The van der Waals surface area contributed by atoms with Crippen LogP contribution < -0.4 is 0 Å². The Labute approximate surface area is 190 Å². The molecule has 4 fully saturated rings. The Morgan fingerprint density at radius 3 is 2.78 bits per heavy atom. The van der Waals surface area contributed by atoms with E-state index in [4.69, 9.17) is 9.47 Å². The summed E-state index contributed by atoms with van der Waals surface area (Å²) in [6.07, 6.45) is 7.48. The Morgan fingerprint density at radius 1 is 1.34 bits per heavy atom. The van der Waals surface area contributed by atoms with Gasteiger partial charge in [-0.25, -0.2) is 0 Å². The van der Waals surface area contributed by atoms with Crippen molar-refractivity contribution in [2.75, 3.05) is 20.7 Å². The number of rotatable bonds is 3. The van der Waals surface area contributed by atoms with Crippen LogP contribution in [0.25, 0.3) is 0 Å². The van der Waals surface area contributed by atoms with Gasteiger partial charge in [0.1, 0.15) is 5.60 Å². The minimum atomic E-state index is -0.864. The SMILES string of the molecule is CC1O[C@@H]2C[C@H]3[C@@H]4CCC5=CC(=O)C=C[C@]5(C)[C@H]4[C@@H](O)C[C@]3(C)[C@]2(/C(CO)=N\N(C)C)O1. The summed E-state index contributed by atoms with van der Waals surface area (Å²) in [7, 11) is 3.68. The van der Waals surface area contributed by atoms with Crippen molar-refractivity contribution in [1.82, 2.24) is 5.01 Å². The first-order valence-electron chi connectivity index (χ1n) is 11.9. The van der Waals surface area contributed by atoms with Gasteiger partial charge in [0.2, 0.25) is 0 Å². The minimum Gasteiger partial charge on any atom is -0.393 e. The summed E-state index contributed by atoms with van der Waals surface area (Å²) in [4.78, 5) is 12.0. The fraction of sp³-hybridized carbons (Fsp3) is 0.760. The number of carbonyl (C=O) groups excluding carboxylic acids is 1. The van der Waals surface area contributed by atoms with Crippen molar-refractivity contribution in [3.63, 3.8) is 0 Å². The second-order valence-electron chi connectivity index (χ2n) is 11.0. The van der Waals surface area contributed by atoms with Crippen molar-refractivity contribution >= 4 is 11.5 Å². The van der Waals surface area contributed by atoms with Crippen molar-refractivity contribution < 1.29 is 24.5 Å². The van der Waals surface area contributed by atoms with Crippen molar-refractivity contribution in [3.8, 4) is 0 Å². The second kappa shape index (κ2) is 7.23. The zero-order valence-electron chi connectivity index (χ0n) is 19.7. The minimum absolute atomic E-state index is 0.0431. The highest BCUT2D eigenvalue weighted by molar-refractivity contribution is 6.01. The molecule has 1 unspecified atom stereocenters. The molecule has 9 atom stereocenters. The van der Waals surface area contributed by atoms with E-state index < -0.39 is 23.4 Å². The number of fused-ring (bicyclic) bond motifs is 7. The number of hydrogen-bond donors (Lipinski definition) is 2. The third-order valence-electron chi connectivity index (χ3n) is 9.26. The van der Waals surface area contributed by atoms with E-state index in [1.54, 1.807) is 17.2 Å². The van der Waals surface area contributed by atoms with Gasteiger partial charge in [-0.1, -0.05) is 25.5 Å². The number of aliphatic hydroxyl groups is 2. The van der Waals surface area contributed by atoms with Crippen LogP contribution in [0.5, 0.6) is 0 Å². The lowest BCUT2D eigenvalue weighted by Crippen LogP contribution is -2.63. The molecular weight excluding hydrogens is 408 g/mol. The number of hydrogen-bond acceptors (Lipinski definition) is 7. The highest BCUT2D eigenvalue weighted by Gasteiger charge is 2.74. The van der Waals surface area contributed by atoms with Gasteiger partial charge >= 0.3 is 0 Å². The quantitative estimate of drug-likeness (QED) is 0.513. The molecule has 1 saturated heterocycles. The number of nitrogens with zero attached hydrogens (tertiary/aromatic N) is 2. The number of ketones is 1. The average Bonchev–Trinajstić information content (AvgIpc) is 3.16. The molecule has 7 nitrogen and oxygen atoms in total. The van der Waals surface area contributed by atoms with E-state index in [0.29, 0.717) is 12.1 Å². The van der Waals surface area contributed by atoms with Gasteiger partial charge in [-0.15, -0.1) is 0 Å². The lowest BCUT2D eigenvalue weighted by Gasteiger charge is -2.60. The summed E-state index contributed by atoms with van der Waals surface area (Å²) in [6, 6.07) is 0. The fourth-order valence-corrected chi connectivity index (χ4v) is 8.23. The van der Waals surface area contributed by atoms with Crippen LogP contribution in [0.3, 0.4) is 0 Å². The van der Waals surface area contributed by atoms with Crippen LogP contribution in [0, 0.1) is 28.6 Å². The van der Waals surface area contributed by atoms with Crippen molar-refractivity contribution in [2.24, 2.45) is 33.7 Å². The largest absolute Gasteiger partial charge is 0.393 e. The molecule has 5 rings (SSSR count). The Hall–Kier alpha value is -1.54. The Balaban J connectivity index is 1.60. The van der Waals surface area contributed by atoms with Gasteiger partial charge in [0.05, 0.1) is 24.5 Å². The first kappa shape index (κ1) is 22.3. The van der Waals surface area contributed by atoms with Crippen LogP contribution in [0.2, 0.25) is 0 Å². The molecule has 4 aliphatic carbocycles. The van der Waals surface area contributed by atoms with E-state index >= 15 is 0 Å². The molecular formula is C25H36N2O5. The van der Waals surface area contributed by atoms with Crippen LogP contribution in [0.15, 0.2) is 28.9 Å². The molecule has 2 N–H and O–H groups in total.